The molecule has 0 radical (unpaired) electrons. The minimum atomic E-state index is -4.14. The molecule has 0 unspecified atom stereocenters. The standard InChI is InChI=1S/C16H16ClFN8O2S/c1-16(2,18)7-22-29(27,28)13-3-9-11(23-25-19)5-12(24-26-20)15(9)10-6-21-14(17)4-8(10)13/h3-4,6,11-12,22H,5,7H2,1-2H3/t11-,12+/m1/s1. The number of nitrogens with one attached hydrogen (secondary N) is 1. The average molecular weight is 439 g/mol. The Kier molecular flexibility index (Phi) is 5.57. The summed E-state index contributed by atoms with van der Waals surface area (Å²) in [5.41, 5.74) is 16.9. The smallest absolute Gasteiger partial charge is 0.241 e. The topological polar surface area (TPSA) is 157 Å². The molecule has 2 atom stereocenters. The number of aromatic nitrogens is 1. The zero-order valence-corrected chi connectivity index (χ0v) is 17.0. The predicted molar refractivity (Wildman–Crippen MR) is 106 cm³/mol. The van der Waals surface area contributed by atoms with Crippen LogP contribution in [0, 0.1) is 0 Å². The summed E-state index contributed by atoms with van der Waals surface area (Å²) in [6.07, 6.45) is 1.57. The third-order valence-electron chi connectivity index (χ3n) is 4.52. The van der Waals surface area contributed by atoms with Crippen LogP contribution < -0.4 is 4.72 Å². The molecule has 1 aliphatic rings. The van der Waals surface area contributed by atoms with E-state index < -0.39 is 34.3 Å². The molecule has 152 valence electrons. The monoisotopic (exact) mass is 438 g/mol. The lowest BCUT2D eigenvalue weighted by Crippen LogP contribution is -2.35. The summed E-state index contributed by atoms with van der Waals surface area (Å²) in [4.78, 5) is 9.50. The summed E-state index contributed by atoms with van der Waals surface area (Å²) in [6.45, 7) is 2.06. The van der Waals surface area contributed by atoms with E-state index >= 15 is 0 Å². The highest BCUT2D eigenvalue weighted by Crippen LogP contribution is 2.48. The van der Waals surface area contributed by atoms with Crippen LogP contribution in [-0.2, 0) is 10.0 Å². The van der Waals surface area contributed by atoms with Crippen molar-refractivity contribution in [1.82, 2.24) is 9.71 Å². The van der Waals surface area contributed by atoms with Crippen molar-refractivity contribution < 1.29 is 12.8 Å². The Labute approximate surface area is 170 Å². The molecule has 0 spiro atoms. The number of benzene rings is 1. The van der Waals surface area contributed by atoms with E-state index in [1.807, 2.05) is 0 Å². The van der Waals surface area contributed by atoms with Crippen LogP contribution in [0.4, 0.5) is 4.39 Å². The Morgan fingerprint density at radius 2 is 1.93 bits per heavy atom. The van der Waals surface area contributed by atoms with E-state index in [9.17, 15) is 12.8 Å². The summed E-state index contributed by atoms with van der Waals surface area (Å²) >= 11 is 5.98. The lowest BCUT2D eigenvalue weighted by Gasteiger charge is -2.18. The Morgan fingerprint density at radius 3 is 2.55 bits per heavy atom. The largest absolute Gasteiger partial charge is 0.244 e. The average Bonchev–Trinajstić information content (AvgIpc) is 2.97. The van der Waals surface area contributed by atoms with Gasteiger partial charge in [-0.1, -0.05) is 21.8 Å². The van der Waals surface area contributed by atoms with Crippen molar-refractivity contribution in [2.75, 3.05) is 6.54 Å². The lowest BCUT2D eigenvalue weighted by molar-refractivity contribution is 0.221. The van der Waals surface area contributed by atoms with Crippen molar-refractivity contribution in [3.63, 3.8) is 0 Å². The van der Waals surface area contributed by atoms with Gasteiger partial charge < -0.3 is 0 Å². The third-order valence-corrected chi connectivity index (χ3v) is 6.16. The van der Waals surface area contributed by atoms with Gasteiger partial charge in [0, 0.05) is 33.3 Å². The highest BCUT2D eigenvalue weighted by molar-refractivity contribution is 7.89. The van der Waals surface area contributed by atoms with Gasteiger partial charge in [-0.05, 0) is 54.6 Å². The van der Waals surface area contributed by atoms with Gasteiger partial charge in [-0.25, -0.2) is 22.5 Å². The number of hydrogen-bond acceptors (Lipinski definition) is 5. The molecule has 3 rings (SSSR count). The molecular formula is C16H16ClFN8O2S. The first-order chi connectivity index (χ1) is 13.6. The fourth-order valence-corrected chi connectivity index (χ4v) is 4.90. The van der Waals surface area contributed by atoms with Gasteiger partial charge in [0.25, 0.3) is 0 Å². The molecule has 29 heavy (non-hydrogen) atoms. The first-order valence-corrected chi connectivity index (χ1v) is 10.3. The number of hydrogen-bond donors (Lipinski definition) is 1. The number of sulfonamides is 1. The second kappa shape index (κ2) is 7.66. The number of alkyl halides is 1. The molecule has 0 fully saturated rings. The third kappa shape index (κ3) is 4.21. The minimum Gasteiger partial charge on any atom is -0.244 e. The molecule has 10 nitrogen and oxygen atoms in total. The maximum Gasteiger partial charge on any atom is 0.241 e. The molecule has 1 N–H and O–H groups in total. The van der Waals surface area contributed by atoms with E-state index in [0.717, 1.165) is 0 Å². The van der Waals surface area contributed by atoms with Crippen LogP contribution in [0.25, 0.3) is 31.7 Å². The van der Waals surface area contributed by atoms with Crippen LogP contribution >= 0.6 is 11.6 Å². The van der Waals surface area contributed by atoms with Crippen LogP contribution in [0.3, 0.4) is 0 Å². The van der Waals surface area contributed by atoms with E-state index in [2.05, 4.69) is 29.8 Å². The lowest BCUT2D eigenvalue weighted by atomic mass is 10.0. The summed E-state index contributed by atoms with van der Waals surface area (Å²) in [5.74, 6) is 0. The van der Waals surface area contributed by atoms with Crippen molar-refractivity contribution in [1.29, 1.82) is 0 Å². The summed E-state index contributed by atoms with van der Waals surface area (Å²) in [5, 5.41) is 8.16. The summed E-state index contributed by atoms with van der Waals surface area (Å²) in [7, 11) is -4.14. The van der Waals surface area contributed by atoms with Gasteiger partial charge in [0.15, 0.2) is 0 Å². The van der Waals surface area contributed by atoms with Gasteiger partial charge in [-0.15, -0.1) is 0 Å². The molecule has 1 heterocycles. The second-order valence-corrected chi connectivity index (χ2v) is 9.27. The van der Waals surface area contributed by atoms with Crippen LogP contribution in [0.15, 0.2) is 33.5 Å². The Morgan fingerprint density at radius 1 is 1.28 bits per heavy atom. The van der Waals surface area contributed by atoms with Gasteiger partial charge in [-0.2, -0.15) is 0 Å². The molecule has 1 aromatic heterocycles. The number of halogens is 2. The van der Waals surface area contributed by atoms with E-state index in [-0.39, 0.29) is 21.9 Å². The predicted octanol–water partition coefficient (Wildman–Crippen LogP) is 5.02. The van der Waals surface area contributed by atoms with E-state index in [4.69, 9.17) is 22.7 Å². The highest BCUT2D eigenvalue weighted by Gasteiger charge is 2.35. The van der Waals surface area contributed by atoms with Crippen LogP contribution in [0.2, 0.25) is 5.15 Å². The van der Waals surface area contributed by atoms with Crippen molar-refractivity contribution in [3.8, 4) is 0 Å². The van der Waals surface area contributed by atoms with E-state index in [1.165, 1.54) is 32.2 Å². The molecule has 0 saturated carbocycles. The number of rotatable bonds is 6. The maximum absolute atomic E-state index is 13.9. The van der Waals surface area contributed by atoms with Gasteiger partial charge in [0.2, 0.25) is 10.0 Å². The van der Waals surface area contributed by atoms with Crippen molar-refractivity contribution in [2.45, 2.75) is 42.9 Å². The molecular weight excluding hydrogens is 423 g/mol. The zero-order chi connectivity index (χ0) is 21.4. The fraction of sp³-hybridized carbons (Fsp3) is 0.438. The van der Waals surface area contributed by atoms with Gasteiger partial charge in [0.05, 0.1) is 17.0 Å². The number of fused-ring (bicyclic) bond motifs is 3. The molecule has 13 heteroatoms. The minimum absolute atomic E-state index is 0.0599. The Balaban J connectivity index is 2.31. The van der Waals surface area contributed by atoms with Crippen molar-refractivity contribution in [2.24, 2.45) is 10.2 Å². The first-order valence-electron chi connectivity index (χ1n) is 8.46. The van der Waals surface area contributed by atoms with Gasteiger partial charge in [-0.3, -0.25) is 0 Å². The van der Waals surface area contributed by atoms with Crippen molar-refractivity contribution >= 4 is 32.4 Å². The van der Waals surface area contributed by atoms with Gasteiger partial charge in [0.1, 0.15) is 10.8 Å². The normalized spacial score (nSPS) is 18.8. The zero-order valence-electron chi connectivity index (χ0n) is 15.4. The number of pyridine rings is 1. The summed E-state index contributed by atoms with van der Waals surface area (Å²) in [6, 6.07) is 1.34. The first kappa shape index (κ1) is 21.1. The second-order valence-electron chi connectivity index (χ2n) is 7.15. The fourth-order valence-electron chi connectivity index (χ4n) is 3.31. The van der Waals surface area contributed by atoms with E-state index in [1.54, 1.807) is 0 Å². The Bertz CT molecular complexity index is 1180. The van der Waals surface area contributed by atoms with Crippen LogP contribution in [0.5, 0.6) is 0 Å². The molecule has 1 aromatic carbocycles. The molecule has 0 amide bonds. The Hall–Kier alpha value is -2.62. The molecule has 2 aromatic rings. The van der Waals surface area contributed by atoms with Crippen LogP contribution in [0.1, 0.15) is 43.5 Å². The number of nitrogens with zero attached hydrogens (tertiary/aromatic N) is 7. The number of azide groups is 2. The van der Waals surface area contributed by atoms with Crippen LogP contribution in [-0.4, -0.2) is 25.6 Å². The quantitative estimate of drug-likeness (QED) is 0.291. The molecule has 1 aliphatic carbocycles. The molecule has 0 aliphatic heterocycles. The maximum atomic E-state index is 13.9. The van der Waals surface area contributed by atoms with E-state index in [0.29, 0.717) is 16.5 Å². The summed E-state index contributed by atoms with van der Waals surface area (Å²) < 4.78 is 42.0. The molecule has 0 bridgehead atoms. The molecule has 0 saturated heterocycles. The van der Waals surface area contributed by atoms with Gasteiger partial charge >= 0.3 is 0 Å². The highest BCUT2D eigenvalue weighted by atomic mass is 35.5. The van der Waals surface area contributed by atoms with Crippen molar-refractivity contribution in [3.05, 3.63) is 55.5 Å². The SMILES string of the molecule is CC(C)(F)CNS(=O)(=O)c1cc2c(c3cnc(Cl)cc13)[C@@H](N=[N+]=[N-])C[C@H]2N=[N+]=[N-].